The molecule has 0 bridgehead atoms. The Hall–Kier alpha value is -2.08. The summed E-state index contributed by atoms with van der Waals surface area (Å²) >= 11 is 0. The van der Waals surface area contributed by atoms with E-state index in [-0.39, 0.29) is 11.6 Å². The quantitative estimate of drug-likeness (QED) is 0.594. The monoisotopic (exact) mass is 277 g/mol. The van der Waals surface area contributed by atoms with E-state index >= 15 is 0 Å². The summed E-state index contributed by atoms with van der Waals surface area (Å²) in [5, 5.41) is 0.455. The number of aromatic nitrogens is 2. The third-order valence-corrected chi connectivity index (χ3v) is 2.82. The van der Waals surface area contributed by atoms with Crippen molar-refractivity contribution in [3.05, 3.63) is 28.6 Å². The van der Waals surface area contributed by atoms with E-state index in [9.17, 15) is 4.79 Å². The van der Waals surface area contributed by atoms with Crippen LogP contribution in [-0.2, 0) is 4.74 Å². The fourth-order valence-electron chi connectivity index (χ4n) is 1.75. The van der Waals surface area contributed by atoms with Crippen LogP contribution >= 0.6 is 0 Å². The summed E-state index contributed by atoms with van der Waals surface area (Å²) in [4.78, 5) is 18.7. The van der Waals surface area contributed by atoms with Gasteiger partial charge in [0.2, 0.25) is 0 Å². The minimum Gasteiger partial charge on any atom is -0.462 e. The number of benzene rings is 1. The molecule has 0 aliphatic heterocycles. The number of nitrogens with zero attached hydrogens (tertiary/aromatic N) is 1. The highest BCUT2D eigenvalue weighted by molar-refractivity contribution is 5.81. The van der Waals surface area contributed by atoms with Gasteiger partial charge in [0.05, 0.1) is 17.5 Å². The molecule has 0 fully saturated rings. The number of nitrogens with one attached hydrogen (secondary N) is 1. The maximum Gasteiger partial charge on any atom is 0.297 e. The van der Waals surface area contributed by atoms with Crippen molar-refractivity contribution >= 4 is 16.6 Å². The van der Waals surface area contributed by atoms with Crippen LogP contribution in [0.3, 0.4) is 0 Å². The summed E-state index contributed by atoms with van der Waals surface area (Å²) in [5.41, 5.74) is 6.47. The van der Waals surface area contributed by atoms with Crippen LogP contribution in [-0.4, -0.2) is 29.8 Å². The van der Waals surface area contributed by atoms with Gasteiger partial charge in [-0.15, -0.1) is 0 Å². The number of fused-ring (bicyclic) bond motifs is 1. The number of anilines is 1. The number of H-pyrrole nitrogens is 1. The SMILES string of the molecule is CCCCOCCOc1nc2ccc(N)cc2c(=O)[nH]1. The van der Waals surface area contributed by atoms with Gasteiger partial charge in [0, 0.05) is 12.3 Å². The zero-order chi connectivity index (χ0) is 14.4. The number of nitrogen functional groups attached to an aromatic ring is 1. The fourth-order valence-corrected chi connectivity index (χ4v) is 1.75. The molecule has 2 rings (SSSR count). The van der Waals surface area contributed by atoms with Crippen molar-refractivity contribution in [3.63, 3.8) is 0 Å². The van der Waals surface area contributed by atoms with Crippen LogP contribution in [0.4, 0.5) is 5.69 Å². The smallest absolute Gasteiger partial charge is 0.297 e. The lowest BCUT2D eigenvalue weighted by molar-refractivity contribution is 0.0948. The van der Waals surface area contributed by atoms with Crippen LogP contribution in [0.15, 0.2) is 23.0 Å². The summed E-state index contributed by atoms with van der Waals surface area (Å²) in [7, 11) is 0. The molecule has 0 aliphatic rings. The van der Waals surface area contributed by atoms with Crippen molar-refractivity contribution in [2.75, 3.05) is 25.6 Å². The third kappa shape index (κ3) is 3.71. The Balaban J connectivity index is 1.98. The average Bonchev–Trinajstić information content (AvgIpc) is 2.43. The molecule has 0 atom stereocenters. The molecule has 0 radical (unpaired) electrons. The molecule has 3 N–H and O–H groups in total. The summed E-state index contributed by atoms with van der Waals surface area (Å²) in [6.07, 6.45) is 2.13. The first-order chi connectivity index (χ1) is 9.70. The summed E-state index contributed by atoms with van der Waals surface area (Å²) in [6, 6.07) is 5.20. The van der Waals surface area contributed by atoms with Gasteiger partial charge in [0.15, 0.2) is 0 Å². The minimum atomic E-state index is -0.260. The predicted octanol–water partition coefficient (Wildman–Crippen LogP) is 1.70. The van der Waals surface area contributed by atoms with E-state index in [2.05, 4.69) is 16.9 Å². The summed E-state index contributed by atoms with van der Waals surface area (Å²) < 4.78 is 10.8. The molecule has 0 spiro atoms. The lowest BCUT2D eigenvalue weighted by Crippen LogP contribution is -2.14. The molecule has 1 heterocycles. The van der Waals surface area contributed by atoms with Gasteiger partial charge < -0.3 is 15.2 Å². The minimum absolute atomic E-state index is 0.200. The van der Waals surface area contributed by atoms with Crippen LogP contribution in [0.2, 0.25) is 0 Å². The Morgan fingerprint density at radius 3 is 2.95 bits per heavy atom. The molecule has 0 aliphatic carbocycles. The van der Waals surface area contributed by atoms with Gasteiger partial charge in [-0.05, 0) is 24.6 Å². The van der Waals surface area contributed by atoms with E-state index in [4.69, 9.17) is 15.2 Å². The molecule has 0 saturated carbocycles. The van der Waals surface area contributed by atoms with Gasteiger partial charge in [-0.3, -0.25) is 9.78 Å². The highest BCUT2D eigenvalue weighted by Gasteiger charge is 2.05. The van der Waals surface area contributed by atoms with E-state index in [0.717, 1.165) is 19.4 Å². The van der Waals surface area contributed by atoms with Crippen molar-refractivity contribution < 1.29 is 9.47 Å². The van der Waals surface area contributed by atoms with E-state index in [0.29, 0.717) is 29.8 Å². The first-order valence-electron chi connectivity index (χ1n) is 6.71. The van der Waals surface area contributed by atoms with Gasteiger partial charge in [-0.1, -0.05) is 13.3 Å². The van der Waals surface area contributed by atoms with E-state index in [1.165, 1.54) is 0 Å². The highest BCUT2D eigenvalue weighted by atomic mass is 16.5. The molecule has 0 saturated heterocycles. The number of nitrogens with two attached hydrogens (primary N) is 1. The van der Waals surface area contributed by atoms with Crippen molar-refractivity contribution in [1.29, 1.82) is 0 Å². The number of aromatic amines is 1. The number of unbranched alkanes of at least 4 members (excludes halogenated alkanes) is 1. The van der Waals surface area contributed by atoms with Gasteiger partial charge in [-0.25, -0.2) is 0 Å². The van der Waals surface area contributed by atoms with Crippen LogP contribution in [0.5, 0.6) is 6.01 Å². The maximum atomic E-state index is 11.9. The number of hydrogen-bond acceptors (Lipinski definition) is 5. The average molecular weight is 277 g/mol. The zero-order valence-electron chi connectivity index (χ0n) is 11.5. The largest absolute Gasteiger partial charge is 0.462 e. The molecule has 0 amide bonds. The van der Waals surface area contributed by atoms with Gasteiger partial charge >= 0.3 is 0 Å². The van der Waals surface area contributed by atoms with Crippen molar-refractivity contribution in [2.24, 2.45) is 0 Å². The second-order valence-corrected chi connectivity index (χ2v) is 4.46. The lowest BCUT2D eigenvalue weighted by Gasteiger charge is -2.06. The topological polar surface area (TPSA) is 90.2 Å². The van der Waals surface area contributed by atoms with E-state index < -0.39 is 0 Å². The Morgan fingerprint density at radius 2 is 2.15 bits per heavy atom. The predicted molar refractivity (Wildman–Crippen MR) is 78.0 cm³/mol. The van der Waals surface area contributed by atoms with E-state index in [1.807, 2.05) is 0 Å². The molecular formula is C14H19N3O3. The summed E-state index contributed by atoms with van der Waals surface area (Å²) in [5.74, 6) is 0. The normalized spacial score (nSPS) is 10.8. The molecule has 6 nitrogen and oxygen atoms in total. The number of rotatable bonds is 7. The first kappa shape index (κ1) is 14.3. The highest BCUT2D eigenvalue weighted by Crippen LogP contribution is 2.13. The van der Waals surface area contributed by atoms with Crippen LogP contribution in [0.1, 0.15) is 19.8 Å². The molecule has 20 heavy (non-hydrogen) atoms. The van der Waals surface area contributed by atoms with Crippen molar-refractivity contribution in [3.8, 4) is 6.01 Å². The Labute approximate surface area is 116 Å². The fraction of sp³-hybridized carbons (Fsp3) is 0.429. The van der Waals surface area contributed by atoms with Crippen LogP contribution in [0, 0.1) is 0 Å². The van der Waals surface area contributed by atoms with E-state index in [1.54, 1.807) is 18.2 Å². The molecule has 1 aromatic heterocycles. The number of ether oxygens (including phenoxy) is 2. The number of hydrogen-bond donors (Lipinski definition) is 2. The Bertz CT molecular complexity index is 625. The molecular weight excluding hydrogens is 258 g/mol. The molecule has 6 heteroatoms. The second-order valence-electron chi connectivity index (χ2n) is 4.46. The van der Waals surface area contributed by atoms with Crippen molar-refractivity contribution in [2.45, 2.75) is 19.8 Å². The summed E-state index contributed by atoms with van der Waals surface area (Å²) in [6.45, 7) is 3.66. The zero-order valence-corrected chi connectivity index (χ0v) is 11.5. The van der Waals surface area contributed by atoms with Crippen molar-refractivity contribution in [1.82, 2.24) is 9.97 Å². The van der Waals surface area contributed by atoms with Gasteiger partial charge in [0.25, 0.3) is 11.6 Å². The second kappa shape index (κ2) is 6.91. The van der Waals surface area contributed by atoms with Crippen LogP contribution in [0.25, 0.3) is 10.9 Å². The maximum absolute atomic E-state index is 11.9. The molecule has 1 aromatic carbocycles. The Kier molecular flexibility index (Phi) is 4.95. The van der Waals surface area contributed by atoms with Gasteiger partial charge in [0.1, 0.15) is 6.61 Å². The Morgan fingerprint density at radius 1 is 1.30 bits per heavy atom. The standard InChI is InChI=1S/C14H19N3O3/c1-2-3-6-19-7-8-20-14-16-12-5-4-10(15)9-11(12)13(18)17-14/h4-5,9H,2-3,6-8,15H2,1H3,(H,16,17,18). The first-order valence-corrected chi connectivity index (χ1v) is 6.71. The van der Waals surface area contributed by atoms with Crippen LogP contribution < -0.4 is 16.0 Å². The van der Waals surface area contributed by atoms with Gasteiger partial charge in [-0.2, -0.15) is 4.98 Å². The molecule has 108 valence electrons. The third-order valence-electron chi connectivity index (χ3n) is 2.82. The lowest BCUT2D eigenvalue weighted by atomic mass is 10.2. The molecule has 0 unspecified atom stereocenters. The molecule has 2 aromatic rings.